The Bertz CT molecular complexity index is 552. The topological polar surface area (TPSA) is 38.9 Å². The normalized spacial score (nSPS) is 12.4. The van der Waals surface area contributed by atoms with Crippen molar-refractivity contribution < 1.29 is 0 Å². The summed E-state index contributed by atoms with van der Waals surface area (Å²) >= 11 is 6.02. The predicted octanol–water partition coefficient (Wildman–Crippen LogP) is 3.59. The summed E-state index contributed by atoms with van der Waals surface area (Å²) in [6.45, 7) is 4.05. The van der Waals surface area contributed by atoms with Gasteiger partial charge in [-0.25, -0.2) is 0 Å². The van der Waals surface area contributed by atoms with E-state index in [1.165, 1.54) is 5.56 Å². The lowest BCUT2D eigenvalue weighted by atomic mass is 9.99. The van der Waals surface area contributed by atoms with Gasteiger partial charge in [-0.05, 0) is 42.7 Å². The zero-order valence-corrected chi connectivity index (χ0v) is 11.4. The Labute approximate surface area is 113 Å². The van der Waals surface area contributed by atoms with Gasteiger partial charge in [0.2, 0.25) is 0 Å². The second kappa shape index (κ2) is 5.51. The van der Waals surface area contributed by atoms with Crippen LogP contribution >= 0.6 is 11.6 Å². The van der Waals surface area contributed by atoms with Gasteiger partial charge < -0.3 is 5.73 Å². The molecule has 1 aromatic carbocycles. The summed E-state index contributed by atoms with van der Waals surface area (Å²) < 4.78 is 0. The lowest BCUT2D eigenvalue weighted by Gasteiger charge is -2.14. The Morgan fingerprint density at radius 3 is 2.67 bits per heavy atom. The summed E-state index contributed by atoms with van der Waals surface area (Å²) in [7, 11) is 0. The monoisotopic (exact) mass is 260 g/mol. The molecule has 1 atom stereocenters. The molecule has 18 heavy (non-hydrogen) atoms. The van der Waals surface area contributed by atoms with Crippen LogP contribution in [0.1, 0.15) is 28.4 Å². The number of pyridine rings is 1. The molecule has 2 aromatic rings. The van der Waals surface area contributed by atoms with Gasteiger partial charge >= 0.3 is 0 Å². The SMILES string of the molecule is Cc1cc(C(N)Cc2ncccc2C)ccc1Cl. The number of aryl methyl sites for hydroxylation is 2. The van der Waals surface area contributed by atoms with Crippen molar-refractivity contribution in [1.29, 1.82) is 0 Å². The molecular formula is C15H17ClN2. The predicted molar refractivity (Wildman–Crippen MR) is 75.8 cm³/mol. The molecule has 3 heteroatoms. The first-order valence-electron chi connectivity index (χ1n) is 6.00. The van der Waals surface area contributed by atoms with Gasteiger partial charge in [-0.2, -0.15) is 0 Å². The molecule has 0 saturated carbocycles. The number of nitrogens with two attached hydrogens (primary N) is 1. The van der Waals surface area contributed by atoms with E-state index in [0.29, 0.717) is 0 Å². The third-order valence-corrected chi connectivity index (χ3v) is 3.57. The molecule has 0 radical (unpaired) electrons. The molecule has 0 fully saturated rings. The number of aromatic nitrogens is 1. The highest BCUT2D eigenvalue weighted by atomic mass is 35.5. The third kappa shape index (κ3) is 2.89. The molecule has 0 aliphatic carbocycles. The molecule has 2 nitrogen and oxygen atoms in total. The third-order valence-electron chi connectivity index (χ3n) is 3.14. The molecule has 0 amide bonds. The summed E-state index contributed by atoms with van der Waals surface area (Å²) in [4.78, 5) is 4.38. The lowest BCUT2D eigenvalue weighted by molar-refractivity contribution is 0.702. The largest absolute Gasteiger partial charge is 0.324 e. The van der Waals surface area contributed by atoms with Crippen LogP contribution in [0, 0.1) is 13.8 Å². The van der Waals surface area contributed by atoms with Crippen molar-refractivity contribution >= 4 is 11.6 Å². The van der Waals surface area contributed by atoms with Gasteiger partial charge in [-0.3, -0.25) is 4.98 Å². The molecule has 2 rings (SSSR count). The van der Waals surface area contributed by atoms with Gasteiger partial charge in [0.05, 0.1) is 0 Å². The Morgan fingerprint density at radius 2 is 2.00 bits per heavy atom. The van der Waals surface area contributed by atoms with Crippen molar-refractivity contribution in [1.82, 2.24) is 4.98 Å². The summed E-state index contributed by atoms with van der Waals surface area (Å²) in [5, 5.41) is 0.778. The number of nitrogens with zero attached hydrogens (tertiary/aromatic N) is 1. The quantitative estimate of drug-likeness (QED) is 0.916. The molecule has 0 saturated heterocycles. The van der Waals surface area contributed by atoms with Gasteiger partial charge in [0.25, 0.3) is 0 Å². The minimum absolute atomic E-state index is 0.0467. The number of halogens is 1. The van der Waals surface area contributed by atoms with Crippen molar-refractivity contribution in [3.8, 4) is 0 Å². The number of hydrogen-bond donors (Lipinski definition) is 1. The molecule has 0 spiro atoms. The molecule has 1 unspecified atom stereocenters. The smallest absolute Gasteiger partial charge is 0.0451 e. The van der Waals surface area contributed by atoms with Crippen molar-refractivity contribution in [3.63, 3.8) is 0 Å². The zero-order valence-electron chi connectivity index (χ0n) is 10.7. The van der Waals surface area contributed by atoms with Crippen LogP contribution in [0.3, 0.4) is 0 Å². The molecule has 94 valence electrons. The summed E-state index contributed by atoms with van der Waals surface area (Å²) in [5.41, 5.74) is 10.6. The first-order valence-corrected chi connectivity index (χ1v) is 6.38. The van der Waals surface area contributed by atoms with E-state index in [4.69, 9.17) is 17.3 Å². The van der Waals surface area contributed by atoms with Gasteiger partial charge in [0.1, 0.15) is 0 Å². The number of benzene rings is 1. The maximum atomic E-state index is 6.23. The fourth-order valence-corrected chi connectivity index (χ4v) is 2.07. The van der Waals surface area contributed by atoms with Crippen LogP contribution in [0.25, 0.3) is 0 Å². The fraction of sp³-hybridized carbons (Fsp3) is 0.267. The Hall–Kier alpha value is -1.38. The highest BCUT2D eigenvalue weighted by Crippen LogP contribution is 2.22. The average molecular weight is 261 g/mol. The standard InChI is InChI=1S/C15H17ClN2/c1-10-4-3-7-18-15(10)9-14(17)12-5-6-13(16)11(2)8-12/h3-8,14H,9,17H2,1-2H3. The molecule has 0 aliphatic rings. The Balaban J connectivity index is 2.19. The molecule has 0 bridgehead atoms. The molecular weight excluding hydrogens is 244 g/mol. The van der Waals surface area contributed by atoms with Crippen LogP contribution in [0.15, 0.2) is 36.5 Å². The summed E-state index contributed by atoms with van der Waals surface area (Å²) in [6.07, 6.45) is 2.55. The molecule has 1 heterocycles. The molecule has 2 N–H and O–H groups in total. The minimum atomic E-state index is -0.0467. The van der Waals surface area contributed by atoms with E-state index < -0.39 is 0 Å². The summed E-state index contributed by atoms with van der Waals surface area (Å²) in [6, 6.07) is 9.88. The van der Waals surface area contributed by atoms with Crippen molar-refractivity contribution in [2.24, 2.45) is 5.73 Å². The number of rotatable bonds is 3. The van der Waals surface area contributed by atoms with E-state index in [2.05, 4.69) is 18.0 Å². The van der Waals surface area contributed by atoms with Gasteiger partial charge in [-0.1, -0.05) is 29.8 Å². The maximum Gasteiger partial charge on any atom is 0.0451 e. The first-order chi connectivity index (χ1) is 8.58. The second-order valence-corrected chi connectivity index (χ2v) is 4.99. The van der Waals surface area contributed by atoms with E-state index in [1.807, 2.05) is 37.4 Å². The van der Waals surface area contributed by atoms with Crippen molar-refractivity contribution in [3.05, 3.63) is 63.9 Å². The fourth-order valence-electron chi connectivity index (χ4n) is 1.96. The van der Waals surface area contributed by atoms with Crippen LogP contribution in [-0.4, -0.2) is 4.98 Å². The summed E-state index contributed by atoms with van der Waals surface area (Å²) in [5.74, 6) is 0. The van der Waals surface area contributed by atoms with Gasteiger partial charge in [-0.15, -0.1) is 0 Å². The van der Waals surface area contributed by atoms with E-state index in [-0.39, 0.29) is 6.04 Å². The Kier molecular flexibility index (Phi) is 4.00. The zero-order chi connectivity index (χ0) is 13.1. The van der Waals surface area contributed by atoms with Crippen molar-refractivity contribution in [2.45, 2.75) is 26.3 Å². The lowest BCUT2D eigenvalue weighted by Crippen LogP contribution is -2.15. The molecule has 1 aromatic heterocycles. The van der Waals surface area contributed by atoms with E-state index in [1.54, 1.807) is 0 Å². The first kappa shape index (κ1) is 13.1. The van der Waals surface area contributed by atoms with Gasteiger partial charge in [0, 0.05) is 29.4 Å². The van der Waals surface area contributed by atoms with Crippen molar-refractivity contribution in [2.75, 3.05) is 0 Å². The van der Waals surface area contributed by atoms with Crippen LogP contribution < -0.4 is 5.73 Å². The van der Waals surface area contributed by atoms with E-state index >= 15 is 0 Å². The van der Waals surface area contributed by atoms with E-state index in [9.17, 15) is 0 Å². The molecule has 0 aliphatic heterocycles. The minimum Gasteiger partial charge on any atom is -0.324 e. The maximum absolute atomic E-state index is 6.23. The highest BCUT2D eigenvalue weighted by molar-refractivity contribution is 6.31. The van der Waals surface area contributed by atoms with Crippen LogP contribution in [0.4, 0.5) is 0 Å². The van der Waals surface area contributed by atoms with Crippen LogP contribution in [0.2, 0.25) is 5.02 Å². The van der Waals surface area contributed by atoms with Gasteiger partial charge in [0.15, 0.2) is 0 Å². The van der Waals surface area contributed by atoms with E-state index in [0.717, 1.165) is 28.3 Å². The highest BCUT2D eigenvalue weighted by Gasteiger charge is 2.10. The number of hydrogen-bond acceptors (Lipinski definition) is 2. The average Bonchev–Trinajstić information content (AvgIpc) is 2.35. The Morgan fingerprint density at radius 1 is 1.22 bits per heavy atom. The second-order valence-electron chi connectivity index (χ2n) is 4.59. The van der Waals surface area contributed by atoms with Crippen LogP contribution in [0.5, 0.6) is 0 Å². The van der Waals surface area contributed by atoms with Crippen LogP contribution in [-0.2, 0) is 6.42 Å².